The number of halogens is 4. The van der Waals surface area contributed by atoms with E-state index in [0.29, 0.717) is 12.0 Å². The minimum Gasteiger partial charge on any atom is -0.449 e. The molecule has 1 aliphatic rings. The summed E-state index contributed by atoms with van der Waals surface area (Å²) in [5, 5.41) is 2.49. The molecule has 1 heterocycles. The number of carbonyl (C=O) groups is 1. The van der Waals surface area contributed by atoms with Gasteiger partial charge in [-0.2, -0.15) is 17.6 Å². The molecule has 0 radical (unpaired) electrons. The number of alkyl halides is 4. The molecule has 0 aromatic heterocycles. The lowest BCUT2D eigenvalue weighted by Gasteiger charge is -2.24. The maximum absolute atomic E-state index is 12.8. The van der Waals surface area contributed by atoms with Crippen LogP contribution in [0.2, 0.25) is 0 Å². The number of amides is 1. The van der Waals surface area contributed by atoms with Crippen molar-refractivity contribution in [2.75, 3.05) is 6.61 Å². The van der Waals surface area contributed by atoms with E-state index in [2.05, 4.69) is 14.8 Å². The van der Waals surface area contributed by atoms with Gasteiger partial charge in [0, 0.05) is 6.42 Å². The Kier molecular flexibility index (Phi) is 4.01. The SMILES string of the molecule is O=C1N[C@@H](c2cccc(OC(F)(F)C(F)F)c2)CCO1. The fourth-order valence-corrected chi connectivity index (χ4v) is 1.77. The van der Waals surface area contributed by atoms with Crippen molar-refractivity contribution >= 4 is 6.09 Å². The van der Waals surface area contributed by atoms with E-state index in [9.17, 15) is 22.4 Å². The van der Waals surface area contributed by atoms with Crippen molar-refractivity contribution in [3.8, 4) is 5.75 Å². The highest BCUT2D eigenvalue weighted by Crippen LogP contribution is 2.30. The van der Waals surface area contributed by atoms with Crippen molar-refractivity contribution in [3.63, 3.8) is 0 Å². The van der Waals surface area contributed by atoms with Crippen LogP contribution in [0.3, 0.4) is 0 Å². The third kappa shape index (κ3) is 3.31. The van der Waals surface area contributed by atoms with Crippen molar-refractivity contribution in [1.82, 2.24) is 5.32 Å². The maximum Gasteiger partial charge on any atom is 0.461 e. The molecule has 2 rings (SSSR count). The van der Waals surface area contributed by atoms with Gasteiger partial charge in [-0.15, -0.1) is 0 Å². The van der Waals surface area contributed by atoms with Crippen molar-refractivity contribution in [2.24, 2.45) is 0 Å². The summed E-state index contributed by atoms with van der Waals surface area (Å²) in [6.07, 6.45) is -8.66. The molecule has 0 unspecified atom stereocenters. The Morgan fingerprint density at radius 3 is 2.80 bits per heavy atom. The average Bonchev–Trinajstić information content (AvgIpc) is 2.38. The number of rotatable bonds is 4. The van der Waals surface area contributed by atoms with Gasteiger partial charge in [0.2, 0.25) is 0 Å². The Balaban J connectivity index is 2.13. The fourth-order valence-electron chi connectivity index (χ4n) is 1.77. The third-order valence-electron chi connectivity index (χ3n) is 2.70. The average molecular weight is 293 g/mol. The molecule has 0 spiro atoms. The molecule has 1 aromatic rings. The summed E-state index contributed by atoms with van der Waals surface area (Å²) in [6.45, 7) is 0.189. The summed E-state index contributed by atoms with van der Waals surface area (Å²) in [5.74, 6) is -0.395. The first-order valence-corrected chi connectivity index (χ1v) is 5.77. The summed E-state index contributed by atoms with van der Waals surface area (Å²) in [4.78, 5) is 11.1. The summed E-state index contributed by atoms with van der Waals surface area (Å²) < 4.78 is 58.4. The lowest BCUT2D eigenvalue weighted by Crippen LogP contribution is -2.35. The highest BCUT2D eigenvalue weighted by atomic mass is 19.3. The highest BCUT2D eigenvalue weighted by Gasteiger charge is 2.44. The number of hydrogen-bond acceptors (Lipinski definition) is 3. The molecule has 1 N–H and O–H groups in total. The first-order chi connectivity index (χ1) is 9.38. The number of alkyl carbamates (subject to hydrolysis) is 1. The Morgan fingerprint density at radius 2 is 2.15 bits per heavy atom. The number of ether oxygens (including phenoxy) is 2. The number of benzene rings is 1. The standard InChI is InChI=1S/C12H11F4NO3/c13-10(14)12(15,16)20-8-3-1-2-7(6-8)9-4-5-19-11(18)17-9/h1-3,6,9-10H,4-5H2,(H,17,18)/t9-/m1/s1. The van der Waals surface area contributed by atoms with Gasteiger partial charge in [-0.3, -0.25) is 0 Å². The fraction of sp³-hybridized carbons (Fsp3) is 0.417. The van der Waals surface area contributed by atoms with Crippen LogP contribution in [0, 0.1) is 0 Å². The van der Waals surface area contributed by atoms with Crippen LogP contribution in [0.1, 0.15) is 18.0 Å². The lowest BCUT2D eigenvalue weighted by molar-refractivity contribution is -0.253. The van der Waals surface area contributed by atoms with Crippen LogP contribution in [-0.2, 0) is 4.74 Å². The highest BCUT2D eigenvalue weighted by molar-refractivity contribution is 5.68. The summed E-state index contributed by atoms with van der Waals surface area (Å²) in [6, 6.07) is 4.85. The molecule has 1 atom stereocenters. The van der Waals surface area contributed by atoms with Gasteiger partial charge in [-0.05, 0) is 17.7 Å². The van der Waals surface area contributed by atoms with Crippen molar-refractivity contribution in [1.29, 1.82) is 0 Å². The zero-order valence-electron chi connectivity index (χ0n) is 10.1. The van der Waals surface area contributed by atoms with Crippen molar-refractivity contribution in [2.45, 2.75) is 25.0 Å². The predicted molar refractivity (Wildman–Crippen MR) is 59.9 cm³/mol. The molecule has 1 aliphatic heterocycles. The zero-order chi connectivity index (χ0) is 14.8. The van der Waals surface area contributed by atoms with Gasteiger partial charge in [-0.1, -0.05) is 12.1 Å². The summed E-state index contributed by atoms with van der Waals surface area (Å²) in [5.41, 5.74) is 0.476. The predicted octanol–water partition coefficient (Wildman–Crippen LogP) is 3.09. The Hall–Kier alpha value is -1.99. The summed E-state index contributed by atoms with van der Waals surface area (Å²) >= 11 is 0. The third-order valence-corrected chi connectivity index (χ3v) is 2.70. The minimum atomic E-state index is -4.56. The first kappa shape index (κ1) is 14.4. The monoisotopic (exact) mass is 293 g/mol. The second kappa shape index (κ2) is 5.56. The molecule has 0 bridgehead atoms. The molecule has 1 fully saturated rings. The van der Waals surface area contributed by atoms with E-state index in [-0.39, 0.29) is 6.61 Å². The molecule has 4 nitrogen and oxygen atoms in total. The van der Waals surface area contributed by atoms with E-state index in [1.165, 1.54) is 12.1 Å². The topological polar surface area (TPSA) is 47.6 Å². The number of cyclic esters (lactones) is 1. The smallest absolute Gasteiger partial charge is 0.449 e. The summed E-state index contributed by atoms with van der Waals surface area (Å²) in [7, 11) is 0. The van der Waals surface area contributed by atoms with Crippen molar-refractivity contribution < 1.29 is 31.8 Å². The van der Waals surface area contributed by atoms with Gasteiger partial charge in [0.05, 0.1) is 12.6 Å². The molecule has 110 valence electrons. The minimum absolute atomic E-state index is 0.189. The van der Waals surface area contributed by atoms with Crippen LogP contribution in [-0.4, -0.2) is 25.2 Å². The van der Waals surface area contributed by atoms with Gasteiger partial charge < -0.3 is 14.8 Å². The van der Waals surface area contributed by atoms with Crippen LogP contribution in [0.4, 0.5) is 22.4 Å². The molecular formula is C12H11F4NO3. The van der Waals surface area contributed by atoms with E-state index in [4.69, 9.17) is 0 Å². The van der Waals surface area contributed by atoms with Gasteiger partial charge in [-0.25, -0.2) is 4.79 Å². The molecule has 0 aliphatic carbocycles. The van der Waals surface area contributed by atoms with Crippen LogP contribution in [0.25, 0.3) is 0 Å². The van der Waals surface area contributed by atoms with Crippen molar-refractivity contribution in [3.05, 3.63) is 29.8 Å². The van der Waals surface area contributed by atoms with E-state index < -0.39 is 30.4 Å². The van der Waals surface area contributed by atoms with E-state index >= 15 is 0 Å². The Morgan fingerprint density at radius 1 is 1.40 bits per heavy atom. The molecule has 0 saturated carbocycles. The number of nitrogens with one attached hydrogen (secondary N) is 1. The first-order valence-electron chi connectivity index (χ1n) is 5.77. The van der Waals surface area contributed by atoms with Crippen LogP contribution >= 0.6 is 0 Å². The number of carbonyl (C=O) groups excluding carboxylic acids is 1. The molecule has 1 amide bonds. The molecule has 1 aromatic carbocycles. The van der Waals surface area contributed by atoms with Gasteiger partial charge in [0.25, 0.3) is 0 Å². The maximum atomic E-state index is 12.8. The Labute approximate surface area is 111 Å². The van der Waals surface area contributed by atoms with Crippen LogP contribution < -0.4 is 10.1 Å². The quantitative estimate of drug-likeness (QED) is 0.868. The second-order valence-electron chi connectivity index (χ2n) is 4.16. The Bertz CT molecular complexity index is 495. The second-order valence-corrected chi connectivity index (χ2v) is 4.16. The normalized spacial score (nSPS) is 19.4. The van der Waals surface area contributed by atoms with Gasteiger partial charge in [0.1, 0.15) is 5.75 Å². The van der Waals surface area contributed by atoms with E-state index in [1.54, 1.807) is 6.07 Å². The number of hydrogen-bond donors (Lipinski definition) is 1. The van der Waals surface area contributed by atoms with Gasteiger partial charge >= 0.3 is 18.6 Å². The van der Waals surface area contributed by atoms with Gasteiger partial charge in [0.15, 0.2) is 0 Å². The van der Waals surface area contributed by atoms with E-state index in [0.717, 1.165) is 6.07 Å². The molecule has 1 saturated heterocycles. The molecule has 8 heteroatoms. The zero-order valence-corrected chi connectivity index (χ0v) is 10.1. The largest absolute Gasteiger partial charge is 0.461 e. The lowest BCUT2D eigenvalue weighted by atomic mass is 10.0. The van der Waals surface area contributed by atoms with Crippen LogP contribution in [0.5, 0.6) is 5.75 Å². The van der Waals surface area contributed by atoms with E-state index in [1.807, 2.05) is 0 Å². The molecule has 20 heavy (non-hydrogen) atoms. The van der Waals surface area contributed by atoms with Crippen LogP contribution in [0.15, 0.2) is 24.3 Å². The molecular weight excluding hydrogens is 282 g/mol.